The molecule has 2 rings (SSSR count). The topological polar surface area (TPSA) is 90.0 Å². The Kier molecular flexibility index (Phi) is 2.68. The van der Waals surface area contributed by atoms with Crippen molar-refractivity contribution in [2.24, 2.45) is 7.05 Å². The molecule has 0 aliphatic carbocycles. The number of aromatic carboxylic acids is 1. The molecular weight excluding hydrogens is 248 g/mol. The molecule has 0 bridgehead atoms. The number of aryl methyl sites for hydroxylation is 1. The lowest BCUT2D eigenvalue weighted by molar-refractivity contribution is 0.0690. The smallest absolute Gasteiger partial charge is 0.356 e. The average Bonchev–Trinajstić information content (AvgIpc) is 2.75. The molecule has 0 unspecified atom stereocenters. The second-order valence-electron chi connectivity index (χ2n) is 3.22. The summed E-state index contributed by atoms with van der Waals surface area (Å²) in [5.41, 5.74) is -0.374. The van der Waals surface area contributed by atoms with Crippen molar-refractivity contribution >= 4 is 17.6 Å². The monoisotopic (exact) mass is 254 g/mol. The van der Waals surface area contributed by atoms with E-state index in [2.05, 4.69) is 10.2 Å². The third-order valence-corrected chi connectivity index (χ3v) is 2.47. The highest BCUT2D eigenvalue weighted by Gasteiger charge is 2.12. The Hall–Kier alpha value is -2.15. The minimum absolute atomic E-state index is 0.0671. The van der Waals surface area contributed by atoms with Crippen LogP contribution in [-0.2, 0) is 7.05 Å². The van der Waals surface area contributed by atoms with Crippen molar-refractivity contribution in [2.45, 2.75) is 0 Å². The fraction of sp³-hybridized carbons (Fsp3) is 0.111. The summed E-state index contributed by atoms with van der Waals surface area (Å²) < 4.78 is 2.27. The lowest BCUT2D eigenvalue weighted by Gasteiger charge is -2.04. The van der Waals surface area contributed by atoms with Gasteiger partial charge in [0.05, 0.1) is 6.20 Å². The van der Waals surface area contributed by atoms with Gasteiger partial charge in [0.25, 0.3) is 5.56 Å². The lowest BCUT2D eigenvalue weighted by Crippen LogP contribution is -2.21. The SMILES string of the molecule is Cn1ncc(-n2ccc(C(=O)O)n2)c(Cl)c1=O. The van der Waals surface area contributed by atoms with Crippen LogP contribution in [0, 0.1) is 0 Å². The van der Waals surface area contributed by atoms with Crippen LogP contribution in [-0.4, -0.2) is 30.6 Å². The van der Waals surface area contributed by atoms with Crippen LogP contribution in [0.4, 0.5) is 0 Å². The number of carboxylic acids is 1. The molecular formula is C9H7ClN4O3. The number of rotatable bonds is 2. The summed E-state index contributed by atoms with van der Waals surface area (Å²) in [6, 6.07) is 1.30. The van der Waals surface area contributed by atoms with Gasteiger partial charge in [-0.2, -0.15) is 10.2 Å². The Morgan fingerprint density at radius 3 is 2.82 bits per heavy atom. The van der Waals surface area contributed by atoms with E-state index >= 15 is 0 Å². The molecule has 0 aliphatic rings. The number of aromatic nitrogens is 4. The summed E-state index contributed by atoms with van der Waals surface area (Å²) >= 11 is 5.84. The zero-order chi connectivity index (χ0) is 12.6. The van der Waals surface area contributed by atoms with Gasteiger partial charge in [0.2, 0.25) is 0 Å². The van der Waals surface area contributed by atoms with Crippen LogP contribution in [0.5, 0.6) is 0 Å². The van der Waals surface area contributed by atoms with E-state index in [9.17, 15) is 9.59 Å². The molecule has 8 heteroatoms. The molecule has 17 heavy (non-hydrogen) atoms. The quantitative estimate of drug-likeness (QED) is 0.833. The van der Waals surface area contributed by atoms with Crippen LogP contribution >= 0.6 is 11.6 Å². The van der Waals surface area contributed by atoms with Crippen molar-refractivity contribution in [3.05, 3.63) is 39.5 Å². The number of nitrogens with zero attached hydrogens (tertiary/aromatic N) is 4. The fourth-order valence-corrected chi connectivity index (χ4v) is 1.49. The average molecular weight is 255 g/mol. The molecule has 2 aromatic rings. The van der Waals surface area contributed by atoms with Crippen molar-refractivity contribution in [2.75, 3.05) is 0 Å². The maximum atomic E-state index is 11.5. The Bertz CT molecular complexity index is 646. The van der Waals surface area contributed by atoms with E-state index in [1.165, 1.54) is 30.2 Å². The summed E-state index contributed by atoms with van der Waals surface area (Å²) in [5.74, 6) is -1.16. The van der Waals surface area contributed by atoms with E-state index in [0.29, 0.717) is 0 Å². The summed E-state index contributed by atoms with van der Waals surface area (Å²) in [7, 11) is 1.46. The van der Waals surface area contributed by atoms with Gasteiger partial charge in [-0.25, -0.2) is 14.2 Å². The van der Waals surface area contributed by atoms with Crippen molar-refractivity contribution < 1.29 is 9.90 Å². The molecule has 0 saturated carbocycles. The van der Waals surface area contributed by atoms with E-state index in [-0.39, 0.29) is 16.4 Å². The van der Waals surface area contributed by atoms with Gasteiger partial charge in [-0.15, -0.1) is 0 Å². The van der Waals surface area contributed by atoms with Crippen LogP contribution in [0.2, 0.25) is 5.02 Å². The predicted octanol–water partition coefficient (Wildman–Crippen LogP) is 0.318. The third kappa shape index (κ3) is 1.92. The first kappa shape index (κ1) is 11.3. The Balaban J connectivity index is 2.57. The minimum Gasteiger partial charge on any atom is -0.476 e. The Morgan fingerprint density at radius 2 is 2.24 bits per heavy atom. The van der Waals surface area contributed by atoms with Gasteiger partial charge in [0, 0.05) is 13.2 Å². The van der Waals surface area contributed by atoms with E-state index in [0.717, 1.165) is 4.68 Å². The molecule has 7 nitrogen and oxygen atoms in total. The van der Waals surface area contributed by atoms with Crippen LogP contribution in [0.3, 0.4) is 0 Å². The second kappa shape index (κ2) is 4.02. The Morgan fingerprint density at radius 1 is 1.53 bits per heavy atom. The molecule has 0 aromatic carbocycles. The summed E-state index contributed by atoms with van der Waals surface area (Å²) in [6.45, 7) is 0. The molecule has 2 heterocycles. The van der Waals surface area contributed by atoms with E-state index in [1.807, 2.05) is 0 Å². The molecule has 0 fully saturated rings. The summed E-state index contributed by atoms with van der Waals surface area (Å²) in [5, 5.41) is 16.2. The van der Waals surface area contributed by atoms with E-state index < -0.39 is 11.5 Å². The highest BCUT2D eigenvalue weighted by atomic mass is 35.5. The van der Waals surface area contributed by atoms with Crippen molar-refractivity contribution in [1.82, 2.24) is 19.6 Å². The van der Waals surface area contributed by atoms with Crippen molar-refractivity contribution in [1.29, 1.82) is 0 Å². The number of halogens is 1. The molecule has 0 atom stereocenters. The normalized spacial score (nSPS) is 10.5. The van der Waals surface area contributed by atoms with Crippen molar-refractivity contribution in [3.8, 4) is 5.69 Å². The first-order valence-electron chi connectivity index (χ1n) is 4.52. The first-order valence-corrected chi connectivity index (χ1v) is 4.89. The zero-order valence-electron chi connectivity index (χ0n) is 8.66. The summed E-state index contributed by atoms with van der Waals surface area (Å²) in [4.78, 5) is 22.2. The fourth-order valence-electron chi connectivity index (χ4n) is 1.23. The molecule has 0 saturated heterocycles. The molecule has 1 N–H and O–H groups in total. The van der Waals surface area contributed by atoms with E-state index in [4.69, 9.17) is 16.7 Å². The van der Waals surface area contributed by atoms with E-state index in [1.54, 1.807) is 0 Å². The minimum atomic E-state index is -1.16. The zero-order valence-corrected chi connectivity index (χ0v) is 9.42. The highest BCUT2D eigenvalue weighted by molar-refractivity contribution is 6.32. The Labute approximate surface area is 99.9 Å². The van der Waals surface area contributed by atoms with Gasteiger partial charge < -0.3 is 5.11 Å². The van der Waals surface area contributed by atoms with Gasteiger partial charge in [-0.3, -0.25) is 4.79 Å². The molecule has 0 spiro atoms. The number of hydrogen-bond donors (Lipinski definition) is 1. The van der Waals surface area contributed by atoms with Crippen LogP contribution in [0.1, 0.15) is 10.5 Å². The standard InChI is InChI=1S/C9H7ClN4O3/c1-13-8(15)7(10)6(4-11-13)14-3-2-5(12-14)9(16)17/h2-4H,1H3,(H,16,17). The van der Waals surface area contributed by atoms with Gasteiger partial charge in [-0.05, 0) is 6.07 Å². The number of hydrogen-bond acceptors (Lipinski definition) is 4. The maximum absolute atomic E-state index is 11.5. The van der Waals surface area contributed by atoms with Crippen molar-refractivity contribution in [3.63, 3.8) is 0 Å². The molecule has 0 aliphatic heterocycles. The van der Waals surface area contributed by atoms with Gasteiger partial charge >= 0.3 is 5.97 Å². The molecule has 88 valence electrons. The third-order valence-electron chi connectivity index (χ3n) is 2.11. The van der Waals surface area contributed by atoms with Crippen LogP contribution in [0.15, 0.2) is 23.3 Å². The first-order chi connectivity index (χ1) is 8.00. The highest BCUT2D eigenvalue weighted by Crippen LogP contribution is 2.14. The van der Waals surface area contributed by atoms with Crippen LogP contribution in [0.25, 0.3) is 5.69 Å². The lowest BCUT2D eigenvalue weighted by atomic mass is 10.4. The molecule has 0 amide bonds. The van der Waals surface area contributed by atoms with Gasteiger partial charge in [-0.1, -0.05) is 11.6 Å². The van der Waals surface area contributed by atoms with Gasteiger partial charge in [0.1, 0.15) is 10.7 Å². The van der Waals surface area contributed by atoms with Crippen LogP contribution < -0.4 is 5.56 Å². The molecule has 0 radical (unpaired) electrons. The number of carbonyl (C=O) groups is 1. The largest absolute Gasteiger partial charge is 0.476 e. The number of carboxylic acid groups (broad SMARTS) is 1. The van der Waals surface area contributed by atoms with Gasteiger partial charge in [0.15, 0.2) is 5.69 Å². The second-order valence-corrected chi connectivity index (χ2v) is 3.60. The predicted molar refractivity (Wildman–Crippen MR) is 58.6 cm³/mol. The molecule has 2 aromatic heterocycles. The summed E-state index contributed by atoms with van der Waals surface area (Å²) in [6.07, 6.45) is 2.73. The maximum Gasteiger partial charge on any atom is 0.356 e.